The molecule has 1 fully saturated rings. The van der Waals surface area contributed by atoms with E-state index in [4.69, 9.17) is 21.1 Å². The van der Waals surface area contributed by atoms with Gasteiger partial charge in [0.15, 0.2) is 0 Å². The smallest absolute Gasteiger partial charge is 0.262 e. The van der Waals surface area contributed by atoms with Gasteiger partial charge in [0.05, 0.1) is 30.9 Å². The fourth-order valence-electron chi connectivity index (χ4n) is 2.63. The number of hydrogen-bond donors (Lipinski definition) is 1. The van der Waals surface area contributed by atoms with Crippen LogP contribution >= 0.6 is 11.6 Å². The SMILES string of the molecule is COc1ccc(N2CCOCC2)cc1NS(=O)(=O)c1cccc(Cl)c1. The van der Waals surface area contributed by atoms with E-state index in [2.05, 4.69) is 9.62 Å². The van der Waals surface area contributed by atoms with Gasteiger partial charge in [-0.25, -0.2) is 8.42 Å². The van der Waals surface area contributed by atoms with E-state index >= 15 is 0 Å². The average Bonchev–Trinajstić information content (AvgIpc) is 2.62. The lowest BCUT2D eigenvalue weighted by atomic mass is 10.2. The summed E-state index contributed by atoms with van der Waals surface area (Å²) in [6, 6.07) is 11.5. The van der Waals surface area contributed by atoms with Gasteiger partial charge in [-0.2, -0.15) is 0 Å². The van der Waals surface area contributed by atoms with Crippen LogP contribution in [0.5, 0.6) is 5.75 Å². The van der Waals surface area contributed by atoms with Crippen molar-refractivity contribution < 1.29 is 17.9 Å². The molecule has 1 aliphatic rings. The second-order valence-corrected chi connectivity index (χ2v) is 7.67. The van der Waals surface area contributed by atoms with Crippen LogP contribution in [0.3, 0.4) is 0 Å². The normalized spacial score (nSPS) is 15.0. The number of morpholine rings is 1. The summed E-state index contributed by atoms with van der Waals surface area (Å²) in [7, 11) is -2.27. The minimum atomic E-state index is -3.77. The molecule has 3 rings (SSSR count). The van der Waals surface area contributed by atoms with Crippen LogP contribution in [-0.4, -0.2) is 41.8 Å². The molecule has 1 saturated heterocycles. The molecule has 0 unspecified atom stereocenters. The Balaban J connectivity index is 1.92. The van der Waals surface area contributed by atoms with Crippen molar-refractivity contribution in [2.75, 3.05) is 43.0 Å². The van der Waals surface area contributed by atoms with Gasteiger partial charge in [-0.05, 0) is 36.4 Å². The molecule has 8 heteroatoms. The summed E-state index contributed by atoms with van der Waals surface area (Å²) in [5.41, 5.74) is 1.29. The second kappa shape index (κ2) is 7.51. The van der Waals surface area contributed by atoms with E-state index in [1.807, 2.05) is 6.07 Å². The Hall–Kier alpha value is -1.96. The minimum Gasteiger partial charge on any atom is -0.495 e. The maximum absolute atomic E-state index is 12.7. The topological polar surface area (TPSA) is 67.9 Å². The molecule has 134 valence electrons. The standard InChI is InChI=1S/C17H19ClN2O4S/c1-23-17-6-5-14(20-7-9-24-10-8-20)12-16(17)19-25(21,22)15-4-2-3-13(18)11-15/h2-6,11-12,19H,7-10H2,1H3. The van der Waals surface area contributed by atoms with Crippen LogP contribution in [0.15, 0.2) is 47.4 Å². The van der Waals surface area contributed by atoms with Crippen LogP contribution in [0.25, 0.3) is 0 Å². The van der Waals surface area contributed by atoms with Gasteiger partial charge in [0.1, 0.15) is 5.75 Å². The maximum Gasteiger partial charge on any atom is 0.262 e. The number of anilines is 2. The number of rotatable bonds is 5. The number of ether oxygens (including phenoxy) is 2. The highest BCUT2D eigenvalue weighted by Crippen LogP contribution is 2.32. The summed E-state index contributed by atoms with van der Waals surface area (Å²) in [6.07, 6.45) is 0. The molecule has 0 aliphatic carbocycles. The summed E-state index contributed by atoms with van der Waals surface area (Å²) in [4.78, 5) is 2.24. The Labute approximate surface area is 152 Å². The third-order valence-electron chi connectivity index (χ3n) is 3.91. The van der Waals surface area contributed by atoms with E-state index in [1.165, 1.54) is 19.2 Å². The van der Waals surface area contributed by atoms with Crippen molar-refractivity contribution in [2.45, 2.75) is 4.90 Å². The molecule has 0 atom stereocenters. The molecule has 0 amide bonds. The highest BCUT2D eigenvalue weighted by molar-refractivity contribution is 7.92. The maximum atomic E-state index is 12.7. The molecule has 25 heavy (non-hydrogen) atoms. The molecule has 2 aromatic rings. The van der Waals surface area contributed by atoms with Crippen molar-refractivity contribution >= 4 is 33.0 Å². The lowest BCUT2D eigenvalue weighted by molar-refractivity contribution is 0.122. The minimum absolute atomic E-state index is 0.0961. The van der Waals surface area contributed by atoms with Crippen LogP contribution in [-0.2, 0) is 14.8 Å². The molecule has 0 aromatic heterocycles. The first-order valence-electron chi connectivity index (χ1n) is 7.79. The molecule has 2 aromatic carbocycles. The van der Waals surface area contributed by atoms with Crippen molar-refractivity contribution in [3.8, 4) is 5.75 Å². The number of hydrogen-bond acceptors (Lipinski definition) is 5. The second-order valence-electron chi connectivity index (χ2n) is 5.55. The molecule has 0 spiro atoms. The number of halogens is 1. The van der Waals surface area contributed by atoms with Gasteiger partial charge in [-0.15, -0.1) is 0 Å². The number of nitrogens with zero attached hydrogens (tertiary/aromatic N) is 1. The monoisotopic (exact) mass is 382 g/mol. The van der Waals surface area contributed by atoms with Crippen molar-refractivity contribution in [1.82, 2.24) is 0 Å². The Kier molecular flexibility index (Phi) is 5.36. The zero-order chi connectivity index (χ0) is 17.9. The van der Waals surface area contributed by atoms with Gasteiger partial charge in [0.25, 0.3) is 10.0 Å². The lowest BCUT2D eigenvalue weighted by Crippen LogP contribution is -2.36. The van der Waals surface area contributed by atoms with Crippen molar-refractivity contribution in [1.29, 1.82) is 0 Å². The molecule has 1 heterocycles. The molecular formula is C17H19ClN2O4S. The molecular weight excluding hydrogens is 364 g/mol. The first-order chi connectivity index (χ1) is 12.0. The largest absolute Gasteiger partial charge is 0.495 e. The van der Waals surface area contributed by atoms with E-state index in [1.54, 1.807) is 24.3 Å². The highest BCUT2D eigenvalue weighted by Gasteiger charge is 2.19. The predicted octanol–water partition coefficient (Wildman–Crippen LogP) is 2.99. The molecule has 1 aliphatic heterocycles. The van der Waals surface area contributed by atoms with E-state index in [0.717, 1.165) is 18.8 Å². The van der Waals surface area contributed by atoms with E-state index < -0.39 is 10.0 Å². The summed E-state index contributed by atoms with van der Waals surface area (Å²) < 4.78 is 38.5. The van der Waals surface area contributed by atoms with Crippen LogP contribution < -0.4 is 14.4 Å². The molecule has 0 bridgehead atoms. The third kappa shape index (κ3) is 4.18. The molecule has 1 N–H and O–H groups in total. The van der Waals surface area contributed by atoms with Crippen LogP contribution in [0.2, 0.25) is 5.02 Å². The highest BCUT2D eigenvalue weighted by atomic mass is 35.5. The van der Waals surface area contributed by atoms with E-state index in [0.29, 0.717) is 29.7 Å². The van der Waals surface area contributed by atoms with Crippen molar-refractivity contribution in [3.63, 3.8) is 0 Å². The summed E-state index contributed by atoms with van der Waals surface area (Å²) in [5.74, 6) is 0.447. The van der Waals surface area contributed by atoms with Crippen LogP contribution in [0, 0.1) is 0 Å². The van der Waals surface area contributed by atoms with Gasteiger partial charge in [-0.3, -0.25) is 4.72 Å². The molecule has 0 saturated carbocycles. The summed E-state index contributed by atoms with van der Waals surface area (Å²) in [5, 5.41) is 0.358. The zero-order valence-corrected chi connectivity index (χ0v) is 15.3. The van der Waals surface area contributed by atoms with Crippen LogP contribution in [0.4, 0.5) is 11.4 Å². The Morgan fingerprint density at radius 3 is 2.60 bits per heavy atom. The summed E-state index contributed by atoms with van der Waals surface area (Å²) >= 11 is 5.90. The number of nitrogens with one attached hydrogen (secondary N) is 1. The van der Waals surface area contributed by atoms with Gasteiger partial charge in [0.2, 0.25) is 0 Å². The lowest BCUT2D eigenvalue weighted by Gasteiger charge is -2.29. The quantitative estimate of drug-likeness (QED) is 0.861. The van der Waals surface area contributed by atoms with Crippen molar-refractivity contribution in [2.24, 2.45) is 0 Å². The Morgan fingerprint density at radius 2 is 1.92 bits per heavy atom. The first kappa shape index (κ1) is 17.8. The van der Waals surface area contributed by atoms with E-state index in [9.17, 15) is 8.42 Å². The fourth-order valence-corrected chi connectivity index (χ4v) is 3.99. The summed E-state index contributed by atoms with van der Waals surface area (Å²) in [6.45, 7) is 2.81. The van der Waals surface area contributed by atoms with Crippen LogP contribution in [0.1, 0.15) is 0 Å². The fraction of sp³-hybridized carbons (Fsp3) is 0.294. The molecule has 0 radical (unpaired) electrons. The van der Waals surface area contributed by atoms with Gasteiger partial charge >= 0.3 is 0 Å². The Bertz CT molecular complexity index is 851. The average molecular weight is 383 g/mol. The number of sulfonamides is 1. The first-order valence-corrected chi connectivity index (χ1v) is 9.65. The Morgan fingerprint density at radius 1 is 1.16 bits per heavy atom. The van der Waals surface area contributed by atoms with Gasteiger partial charge in [-0.1, -0.05) is 17.7 Å². The number of methoxy groups -OCH3 is 1. The third-order valence-corrected chi connectivity index (χ3v) is 5.51. The van der Waals surface area contributed by atoms with Gasteiger partial charge < -0.3 is 14.4 Å². The number of benzene rings is 2. The molecule has 6 nitrogen and oxygen atoms in total. The van der Waals surface area contributed by atoms with E-state index in [-0.39, 0.29) is 4.90 Å². The van der Waals surface area contributed by atoms with Gasteiger partial charge in [0, 0.05) is 23.8 Å². The zero-order valence-electron chi connectivity index (χ0n) is 13.7. The predicted molar refractivity (Wildman–Crippen MR) is 98.3 cm³/mol. The van der Waals surface area contributed by atoms with Crippen molar-refractivity contribution in [3.05, 3.63) is 47.5 Å².